The number of fused-ring (bicyclic) bond motifs is 2. The molecule has 30 heavy (non-hydrogen) atoms. The highest BCUT2D eigenvalue weighted by Gasteiger charge is 2.42. The van der Waals surface area contributed by atoms with Gasteiger partial charge >= 0.3 is 0 Å². The smallest absolute Gasteiger partial charge is 0.154 e. The van der Waals surface area contributed by atoms with Crippen LogP contribution in [-0.4, -0.2) is 23.2 Å². The van der Waals surface area contributed by atoms with Gasteiger partial charge in [-0.3, -0.25) is 4.98 Å². The zero-order chi connectivity index (χ0) is 21.2. The number of pyridine rings is 1. The van der Waals surface area contributed by atoms with Crippen molar-refractivity contribution in [1.29, 1.82) is 5.26 Å². The van der Waals surface area contributed by atoms with Crippen molar-refractivity contribution in [2.75, 3.05) is 12.0 Å². The van der Waals surface area contributed by atoms with Gasteiger partial charge in [-0.05, 0) is 61.6 Å². The standard InChI is InChI=1S/C24H21N3O2S/c1-12-9-17-14(3)20-22(28)18(11-25)30-24(20)27(16-5-6-16)21(17)23(29-4)19(12)15-7-8-26-13(2)10-15/h7-10,16,28H,3,5-6H2,1-2,4H3. The molecule has 2 aliphatic rings. The predicted octanol–water partition coefficient (Wildman–Crippen LogP) is 5.69. The largest absolute Gasteiger partial charge is 0.505 e. The van der Waals surface area contributed by atoms with Crippen LogP contribution in [0, 0.1) is 25.2 Å². The van der Waals surface area contributed by atoms with Crippen molar-refractivity contribution < 1.29 is 9.84 Å². The summed E-state index contributed by atoms with van der Waals surface area (Å²) in [5, 5.41) is 21.1. The normalized spacial score (nSPS) is 14.9. The van der Waals surface area contributed by atoms with Crippen LogP contribution in [0.15, 0.2) is 31.0 Å². The maximum absolute atomic E-state index is 10.7. The number of methoxy groups -OCH3 is 1. The van der Waals surface area contributed by atoms with E-state index < -0.39 is 0 Å². The third-order valence-corrected chi connectivity index (χ3v) is 6.89. The third kappa shape index (κ3) is 2.55. The van der Waals surface area contributed by atoms with Crippen LogP contribution in [0.5, 0.6) is 11.5 Å². The summed E-state index contributed by atoms with van der Waals surface area (Å²) in [6.45, 7) is 8.34. The second kappa shape index (κ2) is 6.61. The summed E-state index contributed by atoms with van der Waals surface area (Å²) in [5.41, 5.74) is 7.40. The number of hydrogen-bond acceptors (Lipinski definition) is 6. The fourth-order valence-electron chi connectivity index (χ4n) is 4.35. The summed E-state index contributed by atoms with van der Waals surface area (Å²) in [6.07, 6.45) is 3.94. The van der Waals surface area contributed by atoms with Crippen molar-refractivity contribution in [1.82, 2.24) is 4.98 Å². The molecule has 1 N–H and O–H groups in total. The molecule has 0 bridgehead atoms. The molecule has 6 heteroatoms. The molecule has 0 spiro atoms. The molecule has 1 aliphatic heterocycles. The first kappa shape index (κ1) is 18.7. The number of aromatic hydroxyl groups is 1. The second-order valence-electron chi connectivity index (χ2n) is 7.84. The van der Waals surface area contributed by atoms with Crippen molar-refractivity contribution in [3.8, 4) is 28.7 Å². The predicted molar refractivity (Wildman–Crippen MR) is 120 cm³/mol. The number of aromatic nitrogens is 1. The number of nitrogens with zero attached hydrogens (tertiary/aromatic N) is 3. The van der Waals surface area contributed by atoms with E-state index in [0.717, 1.165) is 62.8 Å². The topological polar surface area (TPSA) is 69.4 Å². The summed E-state index contributed by atoms with van der Waals surface area (Å²) >= 11 is 1.32. The molecule has 1 aliphatic carbocycles. The second-order valence-corrected chi connectivity index (χ2v) is 8.83. The first-order chi connectivity index (χ1) is 14.5. The Morgan fingerprint density at radius 2 is 2.07 bits per heavy atom. The molecule has 0 atom stereocenters. The molecule has 5 rings (SSSR count). The lowest BCUT2D eigenvalue weighted by atomic mass is 9.88. The zero-order valence-corrected chi connectivity index (χ0v) is 17.9. The van der Waals surface area contributed by atoms with Crippen LogP contribution in [0.1, 0.15) is 40.1 Å². The molecule has 1 saturated carbocycles. The van der Waals surface area contributed by atoms with E-state index in [0.29, 0.717) is 16.5 Å². The Bertz CT molecular complexity index is 1260. The molecular formula is C24H21N3O2S. The van der Waals surface area contributed by atoms with Crippen LogP contribution in [0.3, 0.4) is 0 Å². The van der Waals surface area contributed by atoms with E-state index in [2.05, 4.69) is 41.6 Å². The first-order valence-corrected chi connectivity index (χ1v) is 10.7. The van der Waals surface area contributed by atoms with Crippen molar-refractivity contribution in [3.05, 3.63) is 58.2 Å². The highest BCUT2D eigenvalue weighted by molar-refractivity contribution is 7.17. The number of hydrogen-bond donors (Lipinski definition) is 1. The van der Waals surface area contributed by atoms with E-state index in [4.69, 9.17) is 4.74 Å². The van der Waals surface area contributed by atoms with E-state index in [1.165, 1.54) is 11.3 Å². The average molecular weight is 416 g/mol. The Hall–Kier alpha value is -3.30. The van der Waals surface area contributed by atoms with Crippen LogP contribution in [0.4, 0.5) is 10.7 Å². The molecule has 3 aromatic rings. The Balaban J connectivity index is 1.84. The Morgan fingerprint density at radius 3 is 2.70 bits per heavy atom. The van der Waals surface area contributed by atoms with Gasteiger partial charge in [0, 0.05) is 29.1 Å². The number of nitriles is 1. The number of anilines is 2. The van der Waals surface area contributed by atoms with E-state index >= 15 is 0 Å². The molecule has 2 aromatic heterocycles. The van der Waals surface area contributed by atoms with Gasteiger partial charge < -0.3 is 14.7 Å². The highest BCUT2D eigenvalue weighted by atomic mass is 32.1. The summed E-state index contributed by atoms with van der Waals surface area (Å²) in [7, 11) is 1.70. The van der Waals surface area contributed by atoms with Gasteiger partial charge in [0.2, 0.25) is 0 Å². The zero-order valence-electron chi connectivity index (χ0n) is 17.1. The molecule has 0 unspecified atom stereocenters. The molecule has 1 fully saturated rings. The van der Waals surface area contributed by atoms with Gasteiger partial charge in [0.25, 0.3) is 0 Å². The van der Waals surface area contributed by atoms with Gasteiger partial charge in [0.15, 0.2) is 11.5 Å². The molecule has 0 radical (unpaired) electrons. The lowest BCUT2D eigenvalue weighted by molar-refractivity contribution is 0.416. The van der Waals surface area contributed by atoms with Gasteiger partial charge in [-0.15, -0.1) is 11.3 Å². The van der Waals surface area contributed by atoms with Gasteiger partial charge in [-0.1, -0.05) is 6.58 Å². The summed E-state index contributed by atoms with van der Waals surface area (Å²) in [5.74, 6) is 0.824. The minimum Gasteiger partial charge on any atom is -0.505 e. The SMILES string of the molecule is C=C1c2cc(C)c(-c3ccnc(C)c3)c(OC)c2N(C2CC2)c2sc(C#N)c(O)c21. The maximum atomic E-state index is 10.7. The van der Waals surface area contributed by atoms with Gasteiger partial charge in [0.05, 0.1) is 18.4 Å². The number of aryl methyl sites for hydroxylation is 2. The van der Waals surface area contributed by atoms with Crippen LogP contribution >= 0.6 is 11.3 Å². The van der Waals surface area contributed by atoms with Crippen LogP contribution in [-0.2, 0) is 0 Å². The number of rotatable bonds is 3. The molecule has 5 nitrogen and oxygen atoms in total. The lowest BCUT2D eigenvalue weighted by Gasteiger charge is -2.35. The van der Waals surface area contributed by atoms with Crippen LogP contribution in [0.2, 0.25) is 0 Å². The molecule has 1 aromatic carbocycles. The van der Waals surface area contributed by atoms with E-state index in [-0.39, 0.29) is 5.75 Å². The number of benzene rings is 1. The van der Waals surface area contributed by atoms with Crippen molar-refractivity contribution in [2.45, 2.75) is 32.7 Å². The summed E-state index contributed by atoms with van der Waals surface area (Å²) in [4.78, 5) is 6.90. The number of ether oxygens (including phenoxy) is 1. The average Bonchev–Trinajstić information content (AvgIpc) is 3.50. The Labute approximate surface area is 179 Å². The van der Waals surface area contributed by atoms with Gasteiger partial charge in [-0.25, -0.2) is 0 Å². The van der Waals surface area contributed by atoms with Crippen molar-refractivity contribution in [3.63, 3.8) is 0 Å². The maximum Gasteiger partial charge on any atom is 0.154 e. The van der Waals surface area contributed by atoms with Gasteiger partial charge in [0.1, 0.15) is 15.9 Å². The molecule has 150 valence electrons. The minimum absolute atomic E-state index is 0.0317. The quantitative estimate of drug-likeness (QED) is 0.595. The summed E-state index contributed by atoms with van der Waals surface area (Å²) in [6, 6.07) is 8.63. The van der Waals surface area contributed by atoms with Gasteiger partial charge in [-0.2, -0.15) is 5.26 Å². The lowest BCUT2D eigenvalue weighted by Crippen LogP contribution is -2.25. The summed E-state index contributed by atoms with van der Waals surface area (Å²) < 4.78 is 6.03. The van der Waals surface area contributed by atoms with Crippen LogP contribution < -0.4 is 9.64 Å². The fourth-order valence-corrected chi connectivity index (χ4v) is 5.45. The molecular weight excluding hydrogens is 394 g/mol. The van der Waals surface area contributed by atoms with Crippen molar-refractivity contribution in [2.24, 2.45) is 0 Å². The van der Waals surface area contributed by atoms with Crippen molar-refractivity contribution >= 4 is 27.6 Å². The first-order valence-electron chi connectivity index (χ1n) is 9.85. The fraction of sp³-hybridized carbons (Fsp3) is 0.250. The van der Waals surface area contributed by atoms with E-state index in [1.807, 2.05) is 19.2 Å². The minimum atomic E-state index is 0.0317. The molecule has 0 saturated heterocycles. The Morgan fingerprint density at radius 1 is 1.30 bits per heavy atom. The number of thiophene rings is 1. The van der Waals surface area contributed by atoms with Crippen LogP contribution in [0.25, 0.3) is 16.7 Å². The molecule has 3 heterocycles. The highest BCUT2D eigenvalue weighted by Crippen LogP contribution is 2.60. The Kier molecular flexibility index (Phi) is 4.12. The van der Waals surface area contributed by atoms with E-state index in [1.54, 1.807) is 7.11 Å². The monoisotopic (exact) mass is 415 g/mol. The van der Waals surface area contributed by atoms with E-state index in [9.17, 15) is 10.4 Å². The third-order valence-electron chi connectivity index (χ3n) is 5.81. The molecule has 0 amide bonds.